The Labute approximate surface area is 134 Å². The lowest BCUT2D eigenvalue weighted by atomic mass is 10.1. The summed E-state index contributed by atoms with van der Waals surface area (Å²) in [5.74, 6) is -1.55. The van der Waals surface area contributed by atoms with E-state index in [0.29, 0.717) is 12.2 Å². The third kappa shape index (κ3) is 6.88. The minimum Gasteiger partial charge on any atom is -0.480 e. The quantitative estimate of drug-likeness (QED) is 0.344. The summed E-state index contributed by atoms with van der Waals surface area (Å²) < 4.78 is 0. The fourth-order valence-corrected chi connectivity index (χ4v) is 1.96. The highest BCUT2D eigenvalue weighted by Gasteiger charge is 2.20. The van der Waals surface area contributed by atoms with Gasteiger partial charge in [-0.3, -0.25) is 19.7 Å². The van der Waals surface area contributed by atoms with Gasteiger partial charge in [0.25, 0.3) is 5.69 Å². The van der Waals surface area contributed by atoms with Gasteiger partial charge >= 0.3 is 5.97 Å². The van der Waals surface area contributed by atoms with Crippen molar-refractivity contribution < 1.29 is 19.6 Å². The molecule has 8 nitrogen and oxygen atoms in total. The van der Waals surface area contributed by atoms with Crippen LogP contribution in [-0.4, -0.2) is 34.5 Å². The number of nitro benzene ring substituents is 1. The second kappa shape index (κ2) is 9.52. The number of non-ortho nitro benzene ring substituents is 1. The van der Waals surface area contributed by atoms with E-state index in [9.17, 15) is 19.7 Å². The van der Waals surface area contributed by atoms with E-state index in [1.54, 1.807) is 0 Å². The van der Waals surface area contributed by atoms with Crippen LogP contribution in [0.15, 0.2) is 24.3 Å². The minimum absolute atomic E-state index is 0.0796. The van der Waals surface area contributed by atoms with E-state index >= 15 is 0 Å². The van der Waals surface area contributed by atoms with Crippen molar-refractivity contribution in [2.45, 2.75) is 38.6 Å². The van der Waals surface area contributed by atoms with Crippen LogP contribution in [0, 0.1) is 10.1 Å². The average Bonchev–Trinajstić information content (AvgIpc) is 2.50. The SMILES string of the molecule is CCCCCNC(CC(=O)Nc1ccc([N+](=O)[O-])cc1)C(=O)O. The van der Waals surface area contributed by atoms with Crippen LogP contribution in [0.5, 0.6) is 0 Å². The molecule has 0 bridgehead atoms. The number of carboxylic acids is 1. The maximum Gasteiger partial charge on any atom is 0.321 e. The number of benzene rings is 1. The number of carbonyl (C=O) groups excluding carboxylic acids is 1. The Kier molecular flexibility index (Phi) is 7.69. The van der Waals surface area contributed by atoms with Gasteiger partial charge in [0.2, 0.25) is 5.91 Å². The van der Waals surface area contributed by atoms with Crippen molar-refractivity contribution in [3.05, 3.63) is 34.4 Å². The first-order valence-electron chi connectivity index (χ1n) is 7.44. The number of rotatable bonds is 10. The Morgan fingerprint density at radius 3 is 2.43 bits per heavy atom. The van der Waals surface area contributed by atoms with Gasteiger partial charge in [-0.1, -0.05) is 19.8 Å². The summed E-state index contributed by atoms with van der Waals surface area (Å²) in [5, 5.41) is 25.0. The molecule has 1 atom stereocenters. The highest BCUT2D eigenvalue weighted by molar-refractivity contribution is 5.94. The highest BCUT2D eigenvalue weighted by Crippen LogP contribution is 2.15. The summed E-state index contributed by atoms with van der Waals surface area (Å²) in [6.07, 6.45) is 2.66. The van der Waals surface area contributed by atoms with Gasteiger partial charge in [0, 0.05) is 17.8 Å². The molecule has 0 aliphatic rings. The van der Waals surface area contributed by atoms with Gasteiger partial charge < -0.3 is 15.7 Å². The van der Waals surface area contributed by atoms with Crippen LogP contribution in [0.2, 0.25) is 0 Å². The van der Waals surface area contributed by atoms with E-state index in [4.69, 9.17) is 5.11 Å². The Balaban J connectivity index is 2.51. The maximum atomic E-state index is 11.9. The first-order valence-corrected chi connectivity index (χ1v) is 7.44. The van der Waals surface area contributed by atoms with E-state index in [2.05, 4.69) is 10.6 Å². The molecule has 0 saturated carbocycles. The normalized spacial score (nSPS) is 11.7. The molecular formula is C15H21N3O5. The lowest BCUT2D eigenvalue weighted by molar-refractivity contribution is -0.384. The molecule has 1 aromatic rings. The number of nitrogens with one attached hydrogen (secondary N) is 2. The van der Waals surface area contributed by atoms with Gasteiger partial charge in [0.15, 0.2) is 0 Å². The van der Waals surface area contributed by atoms with Gasteiger partial charge in [0.1, 0.15) is 6.04 Å². The summed E-state index contributed by atoms with van der Waals surface area (Å²) >= 11 is 0. The van der Waals surface area contributed by atoms with Crippen LogP contribution < -0.4 is 10.6 Å². The van der Waals surface area contributed by atoms with Crippen molar-refractivity contribution in [1.82, 2.24) is 5.32 Å². The number of nitrogens with zero attached hydrogens (tertiary/aromatic N) is 1. The molecule has 0 aliphatic carbocycles. The first kappa shape index (κ1) is 18.6. The molecule has 0 saturated heterocycles. The monoisotopic (exact) mass is 323 g/mol. The predicted octanol–water partition coefficient (Wildman–Crippen LogP) is 2.16. The van der Waals surface area contributed by atoms with E-state index in [-0.39, 0.29) is 12.1 Å². The molecule has 0 aromatic heterocycles. The van der Waals surface area contributed by atoms with Crippen molar-refractivity contribution in [2.75, 3.05) is 11.9 Å². The Bertz CT molecular complexity index is 545. The van der Waals surface area contributed by atoms with Crippen molar-refractivity contribution in [3.8, 4) is 0 Å². The molecule has 1 unspecified atom stereocenters. The molecule has 0 spiro atoms. The molecule has 0 fully saturated rings. The summed E-state index contributed by atoms with van der Waals surface area (Å²) in [6, 6.07) is 4.39. The number of nitro groups is 1. The average molecular weight is 323 g/mol. The van der Waals surface area contributed by atoms with Gasteiger partial charge in [-0.05, 0) is 25.1 Å². The lowest BCUT2D eigenvalue weighted by Gasteiger charge is -2.14. The molecule has 1 aromatic carbocycles. The van der Waals surface area contributed by atoms with Crippen LogP contribution >= 0.6 is 0 Å². The second-order valence-corrected chi connectivity index (χ2v) is 5.11. The second-order valence-electron chi connectivity index (χ2n) is 5.11. The number of hydrogen-bond donors (Lipinski definition) is 3. The van der Waals surface area contributed by atoms with Crippen molar-refractivity contribution in [3.63, 3.8) is 0 Å². The van der Waals surface area contributed by atoms with Crippen molar-refractivity contribution >= 4 is 23.3 Å². The number of unbranched alkanes of at least 4 members (excludes halogenated alkanes) is 2. The number of amides is 1. The Morgan fingerprint density at radius 1 is 1.26 bits per heavy atom. The zero-order chi connectivity index (χ0) is 17.2. The van der Waals surface area contributed by atoms with E-state index < -0.39 is 22.8 Å². The highest BCUT2D eigenvalue weighted by atomic mass is 16.6. The van der Waals surface area contributed by atoms with Crippen molar-refractivity contribution in [1.29, 1.82) is 0 Å². The molecule has 0 heterocycles. The Hall–Kier alpha value is -2.48. The van der Waals surface area contributed by atoms with E-state index in [1.165, 1.54) is 24.3 Å². The zero-order valence-corrected chi connectivity index (χ0v) is 12.9. The largest absolute Gasteiger partial charge is 0.480 e. The number of aliphatic carboxylic acids is 1. The van der Waals surface area contributed by atoms with Crippen LogP contribution in [0.25, 0.3) is 0 Å². The third-order valence-electron chi connectivity index (χ3n) is 3.22. The Morgan fingerprint density at radius 2 is 1.91 bits per heavy atom. The molecule has 8 heteroatoms. The van der Waals surface area contributed by atoms with E-state index in [0.717, 1.165) is 19.3 Å². The topological polar surface area (TPSA) is 122 Å². The summed E-state index contributed by atoms with van der Waals surface area (Å²) in [7, 11) is 0. The molecule has 23 heavy (non-hydrogen) atoms. The third-order valence-corrected chi connectivity index (χ3v) is 3.22. The number of carboxylic acid groups (broad SMARTS) is 1. The number of anilines is 1. The fraction of sp³-hybridized carbons (Fsp3) is 0.467. The van der Waals surface area contributed by atoms with Crippen LogP contribution in [0.4, 0.5) is 11.4 Å². The van der Waals surface area contributed by atoms with Crippen LogP contribution in [-0.2, 0) is 9.59 Å². The molecule has 3 N–H and O–H groups in total. The molecule has 0 radical (unpaired) electrons. The smallest absolute Gasteiger partial charge is 0.321 e. The van der Waals surface area contributed by atoms with E-state index in [1.807, 2.05) is 6.92 Å². The van der Waals surface area contributed by atoms with Crippen LogP contribution in [0.3, 0.4) is 0 Å². The van der Waals surface area contributed by atoms with Crippen molar-refractivity contribution in [2.24, 2.45) is 0 Å². The predicted molar refractivity (Wildman–Crippen MR) is 85.3 cm³/mol. The maximum absolute atomic E-state index is 11.9. The summed E-state index contributed by atoms with van der Waals surface area (Å²) in [4.78, 5) is 33.1. The zero-order valence-electron chi connectivity index (χ0n) is 12.9. The number of hydrogen-bond acceptors (Lipinski definition) is 5. The molecule has 1 amide bonds. The van der Waals surface area contributed by atoms with Gasteiger partial charge in [-0.2, -0.15) is 0 Å². The van der Waals surface area contributed by atoms with Gasteiger partial charge in [-0.25, -0.2) is 0 Å². The molecule has 0 aliphatic heterocycles. The number of carbonyl (C=O) groups is 2. The molecule has 1 rings (SSSR count). The lowest BCUT2D eigenvalue weighted by Crippen LogP contribution is -2.40. The molecule has 126 valence electrons. The summed E-state index contributed by atoms with van der Waals surface area (Å²) in [6.45, 7) is 2.59. The van der Waals surface area contributed by atoms with Gasteiger partial charge in [0.05, 0.1) is 11.3 Å². The fourth-order valence-electron chi connectivity index (χ4n) is 1.96. The summed E-state index contributed by atoms with van der Waals surface area (Å²) in [5.41, 5.74) is 0.305. The van der Waals surface area contributed by atoms with Crippen LogP contribution in [0.1, 0.15) is 32.6 Å². The molecular weight excluding hydrogens is 302 g/mol. The first-order chi connectivity index (χ1) is 10.9. The van der Waals surface area contributed by atoms with Gasteiger partial charge in [-0.15, -0.1) is 0 Å². The standard InChI is InChI=1S/C15H21N3O5/c1-2-3-4-9-16-13(15(20)21)10-14(19)17-11-5-7-12(8-6-11)18(22)23/h5-8,13,16H,2-4,9-10H2,1H3,(H,17,19)(H,20,21). The minimum atomic E-state index is -1.08.